The van der Waals surface area contributed by atoms with Gasteiger partial charge in [0.15, 0.2) is 0 Å². The van der Waals surface area contributed by atoms with Crippen LogP contribution >= 0.6 is 11.6 Å². The molecule has 0 radical (unpaired) electrons. The molecule has 2 amide bonds. The number of halogens is 1. The quantitative estimate of drug-likeness (QED) is 0.220. The summed E-state index contributed by atoms with van der Waals surface area (Å²) in [6.45, 7) is 1.88. The molecule has 4 aromatic rings. The van der Waals surface area contributed by atoms with E-state index in [-0.39, 0.29) is 29.7 Å². The first-order valence-corrected chi connectivity index (χ1v) is 13.9. The van der Waals surface area contributed by atoms with E-state index in [1.165, 1.54) is 7.05 Å². The number of nitrogens with zero attached hydrogens (tertiary/aromatic N) is 2. The number of rotatable bonds is 9. The molecule has 0 spiro atoms. The lowest BCUT2D eigenvalue weighted by atomic mass is 10.1. The Morgan fingerprint density at radius 3 is 2.05 bits per heavy atom. The van der Waals surface area contributed by atoms with Crippen molar-refractivity contribution in [3.63, 3.8) is 0 Å². The summed E-state index contributed by atoms with van der Waals surface area (Å²) in [7, 11) is 1.32. The summed E-state index contributed by atoms with van der Waals surface area (Å²) >= 11 is 6.41. The van der Waals surface area contributed by atoms with Crippen LogP contribution in [-0.2, 0) is 36.0 Å². The fraction of sp³-hybridized carbons (Fsp3) is 0.212. The summed E-state index contributed by atoms with van der Waals surface area (Å²) in [5.41, 5.74) is 3.03. The molecule has 0 saturated heterocycles. The SMILES string of the molecule is Cc1ccc(CCC(=O)Nc2c(Cl)n(CC#Cc3ccc(NC(=O)CCc4ccccc4)cc3)c(=O)n(C)c2=O)cc1. The number of amides is 2. The van der Waals surface area contributed by atoms with Crippen molar-refractivity contribution in [1.29, 1.82) is 0 Å². The van der Waals surface area contributed by atoms with Crippen LogP contribution in [0.1, 0.15) is 35.1 Å². The molecule has 0 atom stereocenters. The number of aromatic nitrogens is 2. The van der Waals surface area contributed by atoms with Crippen LogP contribution in [0.2, 0.25) is 5.15 Å². The number of hydrogen-bond acceptors (Lipinski definition) is 4. The molecule has 0 aliphatic rings. The van der Waals surface area contributed by atoms with E-state index in [4.69, 9.17) is 11.6 Å². The fourth-order valence-electron chi connectivity index (χ4n) is 4.18. The highest BCUT2D eigenvalue weighted by atomic mass is 35.5. The van der Waals surface area contributed by atoms with Gasteiger partial charge in [-0.05, 0) is 55.2 Å². The van der Waals surface area contributed by atoms with E-state index >= 15 is 0 Å². The van der Waals surface area contributed by atoms with Gasteiger partial charge < -0.3 is 10.6 Å². The van der Waals surface area contributed by atoms with Gasteiger partial charge in [-0.25, -0.2) is 4.79 Å². The van der Waals surface area contributed by atoms with Crippen LogP contribution < -0.4 is 21.9 Å². The second kappa shape index (κ2) is 14.2. The van der Waals surface area contributed by atoms with Gasteiger partial charge in [0.2, 0.25) is 11.8 Å². The molecular formula is C33H31ClN4O4. The molecular weight excluding hydrogens is 552 g/mol. The Kier molecular flexibility index (Phi) is 10.1. The van der Waals surface area contributed by atoms with Gasteiger partial charge in [-0.1, -0.05) is 83.6 Å². The molecule has 0 aliphatic carbocycles. The first-order chi connectivity index (χ1) is 20.2. The summed E-state index contributed by atoms with van der Waals surface area (Å²) in [5.74, 6) is 5.37. The maximum Gasteiger partial charge on any atom is 0.332 e. The topological polar surface area (TPSA) is 102 Å². The second-order valence-corrected chi connectivity index (χ2v) is 10.2. The van der Waals surface area contributed by atoms with E-state index in [2.05, 4.69) is 22.5 Å². The van der Waals surface area contributed by atoms with Crippen molar-refractivity contribution in [2.75, 3.05) is 10.6 Å². The van der Waals surface area contributed by atoms with Crippen LogP contribution in [0.5, 0.6) is 0 Å². The highest BCUT2D eigenvalue weighted by Gasteiger charge is 2.18. The summed E-state index contributed by atoms with van der Waals surface area (Å²) < 4.78 is 2.02. The van der Waals surface area contributed by atoms with Gasteiger partial charge in [-0.3, -0.25) is 23.5 Å². The minimum atomic E-state index is -0.695. The molecule has 9 heteroatoms. The molecule has 0 fully saturated rings. The lowest BCUT2D eigenvalue weighted by molar-refractivity contribution is -0.117. The lowest BCUT2D eigenvalue weighted by Crippen LogP contribution is -2.40. The highest BCUT2D eigenvalue weighted by molar-refractivity contribution is 6.32. The number of carbonyl (C=O) groups is 2. The molecule has 3 aromatic carbocycles. The Morgan fingerprint density at radius 2 is 1.40 bits per heavy atom. The molecule has 1 aromatic heterocycles. The van der Waals surface area contributed by atoms with Gasteiger partial charge in [-0.2, -0.15) is 0 Å². The van der Waals surface area contributed by atoms with Crippen LogP contribution in [0.15, 0.2) is 88.5 Å². The van der Waals surface area contributed by atoms with Crippen molar-refractivity contribution in [1.82, 2.24) is 9.13 Å². The van der Waals surface area contributed by atoms with Gasteiger partial charge in [0.05, 0.1) is 6.54 Å². The van der Waals surface area contributed by atoms with Crippen LogP contribution in [0.25, 0.3) is 0 Å². The molecule has 0 unspecified atom stereocenters. The third kappa shape index (κ3) is 8.09. The van der Waals surface area contributed by atoms with Crippen molar-refractivity contribution in [3.8, 4) is 11.8 Å². The van der Waals surface area contributed by atoms with E-state index in [1.807, 2.05) is 61.5 Å². The zero-order chi connectivity index (χ0) is 30.1. The predicted molar refractivity (Wildman–Crippen MR) is 166 cm³/mol. The standard InChI is InChI=1S/C33H31ClN4O4/c1-23-10-12-26(13-11-23)17-21-29(40)36-30-31(34)38(33(42)37(2)32(30)41)22-6-9-25-14-18-27(19-15-25)35-28(39)20-16-24-7-4-3-5-8-24/h3-5,7-8,10-15,18-19H,16-17,20-22H2,1-2H3,(H,35,39)(H,36,40). The Labute approximate surface area is 249 Å². The number of carbonyl (C=O) groups excluding carboxylic acids is 2. The van der Waals surface area contributed by atoms with Gasteiger partial charge in [0.1, 0.15) is 10.8 Å². The minimum absolute atomic E-state index is 0.0839. The van der Waals surface area contributed by atoms with Crippen molar-refractivity contribution in [2.24, 2.45) is 7.05 Å². The zero-order valence-electron chi connectivity index (χ0n) is 23.4. The van der Waals surface area contributed by atoms with Gasteiger partial charge >= 0.3 is 5.69 Å². The van der Waals surface area contributed by atoms with Crippen LogP contribution in [0, 0.1) is 18.8 Å². The van der Waals surface area contributed by atoms with Gasteiger partial charge in [-0.15, -0.1) is 0 Å². The number of anilines is 2. The average molecular weight is 583 g/mol. The third-order valence-electron chi connectivity index (χ3n) is 6.63. The first-order valence-electron chi connectivity index (χ1n) is 13.5. The van der Waals surface area contributed by atoms with Crippen LogP contribution in [0.4, 0.5) is 11.4 Å². The Hall–Kier alpha value is -4.87. The largest absolute Gasteiger partial charge is 0.332 e. The molecule has 1 heterocycles. The van der Waals surface area contributed by atoms with Gasteiger partial charge in [0.25, 0.3) is 5.56 Å². The van der Waals surface area contributed by atoms with Crippen molar-refractivity contribution in [2.45, 2.75) is 39.2 Å². The van der Waals surface area contributed by atoms with Crippen molar-refractivity contribution >= 4 is 34.8 Å². The average Bonchev–Trinajstić information content (AvgIpc) is 3.00. The van der Waals surface area contributed by atoms with Crippen molar-refractivity contribution in [3.05, 3.63) is 127 Å². The van der Waals surface area contributed by atoms with Crippen LogP contribution in [0.3, 0.4) is 0 Å². The lowest BCUT2D eigenvalue weighted by Gasteiger charge is -2.13. The number of benzene rings is 3. The monoisotopic (exact) mass is 582 g/mol. The third-order valence-corrected chi connectivity index (χ3v) is 7.02. The van der Waals surface area contributed by atoms with E-state index in [0.29, 0.717) is 30.5 Å². The van der Waals surface area contributed by atoms with E-state index in [1.54, 1.807) is 24.3 Å². The Bertz CT molecular complexity index is 1750. The number of hydrogen-bond donors (Lipinski definition) is 2. The van der Waals surface area contributed by atoms with E-state index < -0.39 is 17.2 Å². The van der Waals surface area contributed by atoms with Gasteiger partial charge in [0, 0.05) is 31.1 Å². The number of aryl methyl sites for hydroxylation is 3. The Balaban J connectivity index is 1.38. The minimum Gasteiger partial charge on any atom is -0.326 e. The molecule has 0 aliphatic heterocycles. The molecule has 214 valence electrons. The Morgan fingerprint density at radius 1 is 0.810 bits per heavy atom. The summed E-state index contributed by atoms with van der Waals surface area (Å²) in [4.78, 5) is 50.3. The number of nitrogens with one attached hydrogen (secondary N) is 2. The van der Waals surface area contributed by atoms with E-state index in [9.17, 15) is 19.2 Å². The molecule has 0 bridgehead atoms. The molecule has 8 nitrogen and oxygen atoms in total. The highest BCUT2D eigenvalue weighted by Crippen LogP contribution is 2.16. The maximum absolute atomic E-state index is 12.7. The summed E-state index contributed by atoms with van der Waals surface area (Å²) in [6.07, 6.45) is 1.66. The second-order valence-electron chi connectivity index (χ2n) is 9.85. The van der Waals surface area contributed by atoms with Crippen molar-refractivity contribution < 1.29 is 9.59 Å². The predicted octanol–water partition coefficient (Wildman–Crippen LogP) is 4.70. The molecule has 0 saturated carbocycles. The smallest absolute Gasteiger partial charge is 0.326 e. The fourth-order valence-corrected chi connectivity index (χ4v) is 4.44. The maximum atomic E-state index is 12.7. The molecule has 2 N–H and O–H groups in total. The van der Waals surface area contributed by atoms with Crippen LogP contribution in [-0.4, -0.2) is 20.9 Å². The molecule has 4 rings (SSSR count). The zero-order valence-corrected chi connectivity index (χ0v) is 24.2. The summed E-state index contributed by atoms with van der Waals surface area (Å²) in [5, 5.41) is 5.26. The normalized spacial score (nSPS) is 10.5. The first kappa shape index (κ1) is 30.1. The molecule has 42 heavy (non-hydrogen) atoms. The van der Waals surface area contributed by atoms with E-state index in [0.717, 1.165) is 25.8 Å². The summed E-state index contributed by atoms with van der Waals surface area (Å²) in [6, 6.07) is 24.7.